The Bertz CT molecular complexity index is 1290. The number of benzene rings is 3. The van der Waals surface area contributed by atoms with Gasteiger partial charge in [-0.1, -0.05) is 48.5 Å². The van der Waals surface area contributed by atoms with Gasteiger partial charge >= 0.3 is 6.09 Å². The van der Waals surface area contributed by atoms with Crippen LogP contribution in [0.5, 0.6) is 0 Å². The number of carbonyl (C=O) groups excluding carboxylic acids is 2. The zero-order valence-electron chi connectivity index (χ0n) is 21.4. The summed E-state index contributed by atoms with van der Waals surface area (Å²) in [6, 6.07) is 23.7. The van der Waals surface area contributed by atoms with Crippen molar-refractivity contribution in [2.24, 2.45) is 0 Å². The van der Waals surface area contributed by atoms with Crippen LogP contribution >= 0.6 is 0 Å². The summed E-state index contributed by atoms with van der Waals surface area (Å²) in [5.74, 6) is -0.315. The fourth-order valence-electron chi connectivity index (χ4n) is 5.42. The van der Waals surface area contributed by atoms with Crippen LogP contribution in [0.1, 0.15) is 44.7 Å². The minimum Gasteiger partial charge on any atom is -0.443 e. The van der Waals surface area contributed by atoms with Crippen molar-refractivity contribution in [3.63, 3.8) is 0 Å². The van der Waals surface area contributed by atoms with Crippen LogP contribution in [0.15, 0.2) is 78.9 Å². The fraction of sp³-hybridized carbons (Fsp3) is 0.333. The zero-order chi connectivity index (χ0) is 26.2. The molecule has 0 aromatic heterocycles. The number of nitrogens with zero attached hydrogens (tertiary/aromatic N) is 2. The Morgan fingerprint density at radius 3 is 2.38 bits per heavy atom. The van der Waals surface area contributed by atoms with Gasteiger partial charge in [-0.2, -0.15) is 0 Å². The molecule has 2 aliphatic heterocycles. The van der Waals surface area contributed by atoms with Gasteiger partial charge in [-0.3, -0.25) is 9.69 Å². The van der Waals surface area contributed by atoms with Crippen LogP contribution in [0.4, 0.5) is 20.6 Å². The number of ether oxygens (including phenoxy) is 1. The Labute approximate surface area is 217 Å². The SMILES string of the molecule is CC(C)(C)OC(=O)N1c2ccccc2C2(CCN(Cc3ccccc3)C(=O)C2)C1Nc1ccc(F)cc1. The molecule has 2 atom stereocenters. The molecule has 6 nitrogen and oxygen atoms in total. The molecular formula is C30H32FN3O3. The molecule has 2 amide bonds. The lowest BCUT2D eigenvalue weighted by atomic mass is 9.71. The molecule has 0 aliphatic carbocycles. The van der Waals surface area contributed by atoms with Crippen LogP contribution in [-0.4, -0.2) is 35.2 Å². The third kappa shape index (κ3) is 4.90. The lowest BCUT2D eigenvalue weighted by Crippen LogP contribution is -2.58. The fourth-order valence-corrected chi connectivity index (χ4v) is 5.42. The van der Waals surface area contributed by atoms with Gasteiger partial charge < -0.3 is 15.0 Å². The summed E-state index contributed by atoms with van der Waals surface area (Å²) in [6.07, 6.45) is -0.195. The largest absolute Gasteiger partial charge is 0.443 e. The maximum Gasteiger partial charge on any atom is 0.416 e. The third-order valence-electron chi connectivity index (χ3n) is 7.08. The first-order valence-electron chi connectivity index (χ1n) is 12.6. The van der Waals surface area contributed by atoms with Crippen molar-refractivity contribution < 1.29 is 18.7 Å². The number of amides is 2. The number of para-hydroxylation sites is 1. The van der Waals surface area contributed by atoms with E-state index < -0.39 is 23.3 Å². The van der Waals surface area contributed by atoms with E-state index in [1.165, 1.54) is 12.1 Å². The Morgan fingerprint density at radius 1 is 1.03 bits per heavy atom. The Balaban J connectivity index is 1.53. The second-order valence-corrected chi connectivity index (χ2v) is 10.8. The van der Waals surface area contributed by atoms with Crippen LogP contribution in [0.25, 0.3) is 0 Å². The summed E-state index contributed by atoms with van der Waals surface area (Å²) in [5.41, 5.74) is 2.03. The number of likely N-dealkylation sites (tertiary alicyclic amines) is 1. The van der Waals surface area contributed by atoms with E-state index in [1.54, 1.807) is 17.0 Å². The topological polar surface area (TPSA) is 61.9 Å². The molecule has 3 aromatic carbocycles. The van der Waals surface area contributed by atoms with Gasteiger partial charge in [0.05, 0.1) is 5.69 Å². The lowest BCUT2D eigenvalue weighted by Gasteiger charge is -2.44. The monoisotopic (exact) mass is 501 g/mol. The normalized spacial score (nSPS) is 21.2. The van der Waals surface area contributed by atoms with Gasteiger partial charge in [-0.15, -0.1) is 0 Å². The number of piperidine rings is 1. The zero-order valence-corrected chi connectivity index (χ0v) is 21.4. The highest BCUT2D eigenvalue weighted by Crippen LogP contribution is 2.52. The number of hydrogen-bond acceptors (Lipinski definition) is 4. The molecule has 1 N–H and O–H groups in total. The van der Waals surface area contributed by atoms with E-state index in [1.807, 2.05) is 80.3 Å². The summed E-state index contributed by atoms with van der Waals surface area (Å²) in [7, 11) is 0. The van der Waals surface area contributed by atoms with Gasteiger partial charge in [0.15, 0.2) is 0 Å². The van der Waals surface area contributed by atoms with Crippen molar-refractivity contribution in [1.29, 1.82) is 0 Å². The lowest BCUT2D eigenvalue weighted by molar-refractivity contribution is -0.136. The number of fused-ring (bicyclic) bond motifs is 2. The molecule has 2 heterocycles. The minimum absolute atomic E-state index is 0.0295. The second kappa shape index (κ2) is 9.54. The average Bonchev–Trinajstić information content (AvgIpc) is 3.11. The van der Waals surface area contributed by atoms with Gasteiger partial charge in [0, 0.05) is 30.6 Å². The van der Waals surface area contributed by atoms with Gasteiger partial charge in [-0.25, -0.2) is 9.18 Å². The summed E-state index contributed by atoms with van der Waals surface area (Å²) in [4.78, 5) is 30.7. The highest BCUT2D eigenvalue weighted by atomic mass is 19.1. The van der Waals surface area contributed by atoms with Crippen LogP contribution < -0.4 is 10.2 Å². The van der Waals surface area contributed by atoms with Crippen molar-refractivity contribution in [2.45, 2.75) is 57.3 Å². The van der Waals surface area contributed by atoms with Crippen molar-refractivity contribution in [3.05, 3.63) is 95.8 Å². The third-order valence-corrected chi connectivity index (χ3v) is 7.08. The van der Waals surface area contributed by atoms with E-state index in [2.05, 4.69) is 5.32 Å². The molecule has 5 rings (SSSR count). The number of nitrogens with one attached hydrogen (secondary N) is 1. The Kier molecular flexibility index (Phi) is 6.40. The van der Waals surface area contributed by atoms with E-state index in [4.69, 9.17) is 4.74 Å². The summed E-state index contributed by atoms with van der Waals surface area (Å²) < 4.78 is 19.5. The molecule has 192 valence electrons. The average molecular weight is 502 g/mol. The molecule has 7 heteroatoms. The Hall–Kier alpha value is -3.87. The molecular weight excluding hydrogens is 469 g/mol. The van der Waals surface area contributed by atoms with Crippen molar-refractivity contribution >= 4 is 23.4 Å². The first kappa shape index (κ1) is 24.8. The molecule has 37 heavy (non-hydrogen) atoms. The second-order valence-electron chi connectivity index (χ2n) is 10.8. The van der Waals surface area contributed by atoms with Gasteiger partial charge in [-0.05, 0) is 68.7 Å². The van der Waals surface area contributed by atoms with Gasteiger partial charge in [0.25, 0.3) is 0 Å². The molecule has 0 saturated carbocycles. The summed E-state index contributed by atoms with van der Waals surface area (Å²) in [6.45, 7) is 6.58. The number of carbonyl (C=O) groups is 2. The number of anilines is 2. The van der Waals surface area contributed by atoms with Crippen LogP contribution in [0.2, 0.25) is 0 Å². The quantitative estimate of drug-likeness (QED) is 0.471. The molecule has 1 spiro atoms. The molecule has 2 aliphatic rings. The maximum absolute atomic E-state index is 13.7. The number of halogens is 1. The van der Waals surface area contributed by atoms with Crippen molar-refractivity contribution in [1.82, 2.24) is 4.90 Å². The summed E-state index contributed by atoms with van der Waals surface area (Å²) in [5, 5.41) is 3.47. The van der Waals surface area contributed by atoms with Crippen LogP contribution in [0, 0.1) is 5.82 Å². The van der Waals surface area contributed by atoms with Crippen LogP contribution in [0.3, 0.4) is 0 Å². The maximum atomic E-state index is 13.7. The van der Waals surface area contributed by atoms with Crippen molar-refractivity contribution in [3.8, 4) is 0 Å². The predicted octanol–water partition coefficient (Wildman–Crippen LogP) is 6.08. The van der Waals surface area contributed by atoms with Crippen LogP contribution in [-0.2, 0) is 21.5 Å². The van der Waals surface area contributed by atoms with E-state index in [0.717, 1.165) is 16.8 Å². The standard InChI is InChI=1S/C30H32FN3O3/c1-29(2,3)37-28(36)34-25-12-8-7-11-24(25)30(27(34)32-23-15-13-22(31)14-16-23)17-18-33(26(35)19-30)20-21-9-5-4-6-10-21/h4-16,27,32H,17-20H2,1-3H3. The predicted molar refractivity (Wildman–Crippen MR) is 142 cm³/mol. The van der Waals surface area contributed by atoms with Crippen molar-refractivity contribution in [2.75, 3.05) is 16.8 Å². The van der Waals surface area contributed by atoms with Gasteiger partial charge in [0.2, 0.25) is 5.91 Å². The minimum atomic E-state index is -0.697. The number of hydrogen-bond donors (Lipinski definition) is 1. The van der Waals surface area contributed by atoms with E-state index in [9.17, 15) is 14.0 Å². The summed E-state index contributed by atoms with van der Waals surface area (Å²) >= 11 is 0. The van der Waals surface area contributed by atoms with Gasteiger partial charge in [0.1, 0.15) is 17.6 Å². The molecule has 2 unspecified atom stereocenters. The molecule has 1 fully saturated rings. The first-order chi connectivity index (χ1) is 17.7. The van der Waals surface area contributed by atoms with E-state index in [0.29, 0.717) is 25.2 Å². The molecule has 1 saturated heterocycles. The highest BCUT2D eigenvalue weighted by Gasteiger charge is 2.56. The van der Waals surface area contributed by atoms with E-state index in [-0.39, 0.29) is 18.1 Å². The smallest absolute Gasteiger partial charge is 0.416 e. The number of rotatable bonds is 4. The van der Waals surface area contributed by atoms with E-state index >= 15 is 0 Å². The Morgan fingerprint density at radius 2 is 1.70 bits per heavy atom. The molecule has 3 aromatic rings. The molecule has 0 radical (unpaired) electrons. The first-order valence-corrected chi connectivity index (χ1v) is 12.6. The highest BCUT2D eigenvalue weighted by molar-refractivity contribution is 5.95. The molecule has 0 bridgehead atoms.